The highest BCUT2D eigenvalue weighted by molar-refractivity contribution is 7.13. The molecule has 1 unspecified atom stereocenters. The summed E-state index contributed by atoms with van der Waals surface area (Å²) in [5.74, 6) is 1.46. The number of hydrogen-bond acceptors (Lipinski definition) is 7. The van der Waals surface area contributed by atoms with E-state index < -0.39 is 0 Å². The summed E-state index contributed by atoms with van der Waals surface area (Å²) in [6.45, 7) is 2.23. The molecule has 0 radical (unpaired) electrons. The highest BCUT2D eigenvalue weighted by atomic mass is 32.1. The summed E-state index contributed by atoms with van der Waals surface area (Å²) >= 11 is 1.46. The van der Waals surface area contributed by atoms with E-state index in [-0.39, 0.29) is 0 Å². The zero-order chi connectivity index (χ0) is 12.9. The molecule has 0 saturated carbocycles. The van der Waals surface area contributed by atoms with Gasteiger partial charge in [-0.05, 0) is 38.3 Å². The monoisotopic (exact) mass is 276 g/mol. The van der Waals surface area contributed by atoms with Crippen molar-refractivity contribution in [2.75, 3.05) is 18.4 Å². The third-order valence-electron chi connectivity index (χ3n) is 3.22. The molecule has 2 aromatic heterocycles. The first-order chi connectivity index (χ1) is 9.40. The van der Waals surface area contributed by atoms with Gasteiger partial charge in [-0.1, -0.05) is 11.3 Å². The lowest BCUT2D eigenvalue weighted by Gasteiger charge is -2.22. The lowest BCUT2D eigenvalue weighted by molar-refractivity contribution is 0.373. The molecule has 3 rings (SSSR count). The Balaban J connectivity index is 1.65. The maximum Gasteiger partial charge on any atom is 0.210 e. The molecular formula is C12H16N6S. The topological polar surface area (TPSA) is 75.6 Å². The maximum absolute atomic E-state index is 4.35. The van der Waals surface area contributed by atoms with Gasteiger partial charge in [-0.3, -0.25) is 0 Å². The van der Waals surface area contributed by atoms with E-state index in [4.69, 9.17) is 0 Å². The molecule has 0 spiro atoms. The Kier molecular flexibility index (Phi) is 3.95. The van der Waals surface area contributed by atoms with Crippen LogP contribution >= 0.6 is 11.3 Å². The van der Waals surface area contributed by atoms with Crippen molar-refractivity contribution in [2.45, 2.75) is 19.3 Å². The van der Waals surface area contributed by atoms with Crippen LogP contribution in [-0.2, 0) is 6.42 Å². The van der Waals surface area contributed by atoms with Crippen LogP contribution < -0.4 is 10.6 Å². The number of hydrogen-bond donors (Lipinski definition) is 2. The van der Waals surface area contributed by atoms with Crippen molar-refractivity contribution in [3.8, 4) is 0 Å². The van der Waals surface area contributed by atoms with Crippen LogP contribution in [0.4, 0.5) is 10.9 Å². The smallest absolute Gasteiger partial charge is 0.210 e. The summed E-state index contributed by atoms with van der Waals surface area (Å²) in [4.78, 5) is 8.56. The van der Waals surface area contributed by atoms with Crippen LogP contribution in [0.2, 0.25) is 0 Å². The Morgan fingerprint density at radius 3 is 3.21 bits per heavy atom. The fraction of sp³-hybridized carbons (Fsp3) is 0.500. The van der Waals surface area contributed by atoms with E-state index in [2.05, 4.69) is 30.8 Å². The van der Waals surface area contributed by atoms with Gasteiger partial charge in [0.2, 0.25) is 5.13 Å². The number of anilines is 2. The minimum absolute atomic E-state index is 0.679. The van der Waals surface area contributed by atoms with E-state index in [1.807, 2.05) is 6.07 Å². The number of nitrogens with zero attached hydrogens (tertiary/aromatic N) is 4. The van der Waals surface area contributed by atoms with Gasteiger partial charge in [0.25, 0.3) is 0 Å². The van der Waals surface area contributed by atoms with Crippen molar-refractivity contribution in [3.63, 3.8) is 0 Å². The molecular weight excluding hydrogens is 260 g/mol. The highest BCUT2D eigenvalue weighted by Crippen LogP contribution is 2.19. The van der Waals surface area contributed by atoms with Crippen LogP contribution in [0.25, 0.3) is 0 Å². The van der Waals surface area contributed by atoms with Gasteiger partial charge in [0, 0.05) is 11.8 Å². The molecule has 19 heavy (non-hydrogen) atoms. The van der Waals surface area contributed by atoms with E-state index in [1.165, 1.54) is 24.2 Å². The van der Waals surface area contributed by atoms with Crippen LogP contribution in [0.5, 0.6) is 0 Å². The largest absolute Gasteiger partial charge is 0.316 e. The lowest BCUT2D eigenvalue weighted by Crippen LogP contribution is -2.31. The Morgan fingerprint density at radius 1 is 1.42 bits per heavy atom. The van der Waals surface area contributed by atoms with Crippen molar-refractivity contribution in [3.05, 3.63) is 23.6 Å². The van der Waals surface area contributed by atoms with Gasteiger partial charge in [-0.2, -0.15) is 0 Å². The fourth-order valence-electron chi connectivity index (χ4n) is 2.31. The molecule has 0 aliphatic carbocycles. The molecule has 2 aromatic rings. The minimum Gasteiger partial charge on any atom is -0.316 e. The van der Waals surface area contributed by atoms with Gasteiger partial charge in [0.15, 0.2) is 0 Å². The van der Waals surface area contributed by atoms with Crippen LogP contribution in [0, 0.1) is 5.92 Å². The molecule has 7 heteroatoms. The molecule has 0 aromatic carbocycles. The molecule has 6 nitrogen and oxygen atoms in total. The summed E-state index contributed by atoms with van der Waals surface area (Å²) in [7, 11) is 0. The van der Waals surface area contributed by atoms with Gasteiger partial charge in [-0.25, -0.2) is 9.97 Å². The second kappa shape index (κ2) is 6.03. The Labute approximate surface area is 115 Å². The first-order valence-corrected chi connectivity index (χ1v) is 7.33. The Hall–Kier alpha value is -1.60. The summed E-state index contributed by atoms with van der Waals surface area (Å²) in [5, 5.41) is 15.1. The van der Waals surface area contributed by atoms with Gasteiger partial charge >= 0.3 is 0 Å². The zero-order valence-electron chi connectivity index (χ0n) is 10.5. The van der Waals surface area contributed by atoms with Crippen LogP contribution in [0.3, 0.4) is 0 Å². The van der Waals surface area contributed by atoms with Crippen molar-refractivity contribution < 1.29 is 0 Å². The molecule has 100 valence electrons. The predicted molar refractivity (Wildman–Crippen MR) is 74.5 cm³/mol. The summed E-state index contributed by atoms with van der Waals surface area (Å²) in [6, 6.07) is 2.00. The average molecular weight is 276 g/mol. The summed E-state index contributed by atoms with van der Waals surface area (Å²) < 4.78 is 0. The summed E-state index contributed by atoms with van der Waals surface area (Å²) in [6.07, 6.45) is 5.14. The third-order valence-corrected chi connectivity index (χ3v) is 3.82. The average Bonchev–Trinajstić information content (AvgIpc) is 2.93. The second-order valence-corrected chi connectivity index (χ2v) is 5.51. The van der Waals surface area contributed by atoms with E-state index in [0.29, 0.717) is 5.92 Å². The zero-order valence-corrected chi connectivity index (χ0v) is 11.4. The van der Waals surface area contributed by atoms with Crippen molar-refractivity contribution >= 4 is 22.3 Å². The minimum atomic E-state index is 0.679. The SMILES string of the molecule is c1nc(CC2CCCNC2)cc(Nc2nncs2)n1. The first-order valence-electron chi connectivity index (χ1n) is 6.45. The summed E-state index contributed by atoms with van der Waals surface area (Å²) in [5.41, 5.74) is 2.77. The second-order valence-electron chi connectivity index (χ2n) is 4.68. The van der Waals surface area contributed by atoms with E-state index in [0.717, 1.165) is 36.2 Å². The van der Waals surface area contributed by atoms with Gasteiger partial charge < -0.3 is 10.6 Å². The molecule has 1 saturated heterocycles. The number of aromatic nitrogens is 4. The van der Waals surface area contributed by atoms with Gasteiger partial charge in [-0.15, -0.1) is 10.2 Å². The standard InChI is InChI=1S/C12H16N6S/c1-2-9(6-13-3-1)4-10-5-11(15-7-14-10)17-12-18-16-8-19-12/h5,7-9,13H,1-4,6H2,(H,14,15,17,18). The molecule has 1 aliphatic rings. The Bertz CT molecular complexity index is 509. The predicted octanol–water partition coefficient (Wildman–Crippen LogP) is 1.61. The maximum atomic E-state index is 4.35. The third kappa shape index (κ3) is 3.45. The molecule has 1 aliphatic heterocycles. The number of rotatable bonds is 4. The quantitative estimate of drug-likeness (QED) is 0.883. The van der Waals surface area contributed by atoms with Gasteiger partial charge in [0.05, 0.1) is 0 Å². The van der Waals surface area contributed by atoms with Crippen molar-refractivity contribution in [1.82, 2.24) is 25.5 Å². The molecule has 0 bridgehead atoms. The molecule has 0 amide bonds. The van der Waals surface area contributed by atoms with Gasteiger partial charge in [0.1, 0.15) is 17.7 Å². The lowest BCUT2D eigenvalue weighted by atomic mass is 9.94. The Morgan fingerprint density at radius 2 is 2.42 bits per heavy atom. The van der Waals surface area contributed by atoms with E-state index in [1.54, 1.807) is 11.8 Å². The van der Waals surface area contributed by atoms with Crippen LogP contribution in [0.1, 0.15) is 18.5 Å². The normalized spacial score (nSPS) is 19.3. The molecule has 3 heterocycles. The van der Waals surface area contributed by atoms with E-state index >= 15 is 0 Å². The molecule has 1 atom stereocenters. The number of piperidine rings is 1. The highest BCUT2D eigenvalue weighted by Gasteiger charge is 2.14. The van der Waals surface area contributed by atoms with Crippen molar-refractivity contribution in [1.29, 1.82) is 0 Å². The molecule has 2 N–H and O–H groups in total. The van der Waals surface area contributed by atoms with Crippen molar-refractivity contribution in [2.24, 2.45) is 5.92 Å². The fourth-order valence-corrected chi connectivity index (χ4v) is 2.76. The number of nitrogens with one attached hydrogen (secondary N) is 2. The van der Waals surface area contributed by atoms with Crippen LogP contribution in [-0.4, -0.2) is 33.3 Å². The first kappa shape index (κ1) is 12.4. The van der Waals surface area contributed by atoms with E-state index in [9.17, 15) is 0 Å². The molecule has 1 fully saturated rings. The van der Waals surface area contributed by atoms with Crippen LogP contribution in [0.15, 0.2) is 17.9 Å².